The monoisotopic (exact) mass is 592 g/mol. The first-order valence-electron chi connectivity index (χ1n) is 14.7. The maximum Gasteiger partial charge on any atom is 0.124 e. The van der Waals surface area contributed by atoms with Crippen molar-refractivity contribution in [3.63, 3.8) is 0 Å². The second kappa shape index (κ2) is 11.1. The highest BCUT2D eigenvalue weighted by atomic mass is 31.1. The molecule has 2 heterocycles. The minimum absolute atomic E-state index is 0.397. The molecule has 208 valence electrons. The summed E-state index contributed by atoms with van der Waals surface area (Å²) in [5, 5.41) is 8.03. The molecule has 43 heavy (non-hydrogen) atoms. The lowest BCUT2D eigenvalue weighted by atomic mass is 9.78. The smallest absolute Gasteiger partial charge is 0.124 e. The van der Waals surface area contributed by atoms with Gasteiger partial charge in [-0.05, 0) is 59.8 Å². The molecule has 6 aromatic rings. The Morgan fingerprint density at radius 3 is 1.02 bits per heavy atom. The van der Waals surface area contributed by atoms with E-state index < -0.39 is 21.3 Å². The lowest BCUT2D eigenvalue weighted by molar-refractivity contribution is 0.238. The molecule has 4 heteroatoms. The van der Waals surface area contributed by atoms with Crippen molar-refractivity contribution in [1.29, 1.82) is 0 Å². The van der Waals surface area contributed by atoms with Gasteiger partial charge in [0.05, 0.1) is 5.41 Å². The molecule has 0 aliphatic carbocycles. The van der Waals surface area contributed by atoms with Crippen LogP contribution in [0.3, 0.4) is 0 Å². The van der Waals surface area contributed by atoms with E-state index in [2.05, 4.69) is 158 Å². The van der Waals surface area contributed by atoms with E-state index in [9.17, 15) is 0 Å². The van der Waals surface area contributed by atoms with Gasteiger partial charge in [0.2, 0.25) is 0 Å². The van der Waals surface area contributed by atoms with Gasteiger partial charge in [0.15, 0.2) is 0 Å². The van der Waals surface area contributed by atoms with E-state index in [1.54, 1.807) is 0 Å². The Balaban J connectivity index is 1.37. The average Bonchev–Trinajstić information content (AvgIpc) is 3.65. The Kier molecular flexibility index (Phi) is 6.83. The van der Waals surface area contributed by atoms with Crippen LogP contribution in [0.5, 0.6) is 11.5 Å². The molecule has 0 aromatic heterocycles. The molecule has 0 unspecified atom stereocenters. The van der Waals surface area contributed by atoms with Gasteiger partial charge >= 0.3 is 0 Å². The number of fused-ring (bicyclic) bond motifs is 4. The summed E-state index contributed by atoms with van der Waals surface area (Å²) in [6, 6.07) is 57.1. The molecule has 2 aliphatic heterocycles. The Hall–Kier alpha value is -4.22. The molecule has 6 aromatic carbocycles. The standard InChI is InChI=1S/C39H30O2P2/c1-5-15-29(16-6-1)42(30-17-7-2-8-18-30)35-25-13-23-33-37(35)39(27-40-33)28-41-34-24-14-26-36(38(34)39)43(31-19-9-3-10-20-31)32-21-11-4-12-22-32/h1-26H,27-28H2. The molecular weight excluding hydrogens is 562 g/mol. The van der Waals surface area contributed by atoms with E-state index in [0.29, 0.717) is 13.2 Å². The van der Waals surface area contributed by atoms with Gasteiger partial charge in [-0.15, -0.1) is 0 Å². The Morgan fingerprint density at radius 1 is 0.372 bits per heavy atom. The molecular formula is C39H30O2P2. The van der Waals surface area contributed by atoms with E-state index >= 15 is 0 Å². The summed E-state index contributed by atoms with van der Waals surface area (Å²) in [4.78, 5) is 0. The van der Waals surface area contributed by atoms with Gasteiger partial charge in [0.25, 0.3) is 0 Å². The third-order valence-electron chi connectivity index (χ3n) is 8.45. The van der Waals surface area contributed by atoms with E-state index in [0.717, 1.165) is 11.5 Å². The van der Waals surface area contributed by atoms with Gasteiger partial charge in [-0.1, -0.05) is 146 Å². The molecule has 0 saturated carbocycles. The highest BCUT2D eigenvalue weighted by molar-refractivity contribution is 7.80. The van der Waals surface area contributed by atoms with Crippen molar-refractivity contribution in [3.05, 3.63) is 169 Å². The Bertz CT molecular complexity index is 1660. The van der Waals surface area contributed by atoms with Crippen molar-refractivity contribution in [1.82, 2.24) is 0 Å². The SMILES string of the molecule is c1ccc(P(c2ccccc2)c2cccc3c2C2(CO3)COc3cccc(P(c4ccccc4)c4ccccc4)c32)cc1. The van der Waals surface area contributed by atoms with Gasteiger partial charge < -0.3 is 9.47 Å². The van der Waals surface area contributed by atoms with E-state index in [-0.39, 0.29) is 0 Å². The van der Waals surface area contributed by atoms with E-state index in [1.165, 1.54) is 43.0 Å². The number of benzene rings is 6. The summed E-state index contributed by atoms with van der Waals surface area (Å²) in [6.45, 7) is 1.14. The van der Waals surface area contributed by atoms with Crippen LogP contribution in [0.2, 0.25) is 0 Å². The zero-order chi connectivity index (χ0) is 28.6. The number of hydrogen-bond donors (Lipinski definition) is 0. The summed E-state index contributed by atoms with van der Waals surface area (Å²) in [5.41, 5.74) is 2.18. The molecule has 2 nitrogen and oxygen atoms in total. The van der Waals surface area contributed by atoms with E-state index in [1.807, 2.05) is 0 Å². The fourth-order valence-electron chi connectivity index (χ4n) is 6.63. The Labute approximate surface area is 255 Å². The van der Waals surface area contributed by atoms with Crippen LogP contribution in [-0.2, 0) is 5.41 Å². The third-order valence-corrected chi connectivity index (χ3v) is 13.4. The van der Waals surface area contributed by atoms with Crippen LogP contribution < -0.4 is 41.3 Å². The highest BCUT2D eigenvalue weighted by Crippen LogP contribution is 2.54. The zero-order valence-electron chi connectivity index (χ0n) is 23.6. The average molecular weight is 593 g/mol. The maximum atomic E-state index is 6.64. The fraction of sp³-hybridized carbons (Fsp3) is 0.0769. The first-order valence-corrected chi connectivity index (χ1v) is 17.3. The van der Waals surface area contributed by atoms with Crippen LogP contribution in [0.15, 0.2) is 158 Å². The topological polar surface area (TPSA) is 18.5 Å². The van der Waals surface area contributed by atoms with Crippen molar-refractivity contribution in [2.75, 3.05) is 13.2 Å². The molecule has 0 N–H and O–H groups in total. The number of ether oxygens (including phenoxy) is 2. The van der Waals surface area contributed by atoms with Crippen LogP contribution in [0.1, 0.15) is 11.1 Å². The molecule has 2 aliphatic rings. The Morgan fingerprint density at radius 2 is 0.698 bits per heavy atom. The first-order chi connectivity index (χ1) is 21.3. The van der Waals surface area contributed by atoms with Gasteiger partial charge in [-0.25, -0.2) is 0 Å². The maximum absolute atomic E-state index is 6.64. The summed E-state index contributed by atoms with van der Waals surface area (Å²) in [7, 11) is -1.65. The predicted molar refractivity (Wildman–Crippen MR) is 182 cm³/mol. The van der Waals surface area contributed by atoms with Crippen molar-refractivity contribution in [3.8, 4) is 11.5 Å². The minimum atomic E-state index is -0.823. The molecule has 0 fully saturated rings. The van der Waals surface area contributed by atoms with Crippen molar-refractivity contribution >= 4 is 47.7 Å². The van der Waals surface area contributed by atoms with Crippen LogP contribution in [0.25, 0.3) is 0 Å². The lowest BCUT2D eigenvalue weighted by Gasteiger charge is -2.31. The molecule has 0 atom stereocenters. The van der Waals surface area contributed by atoms with Gasteiger partial charge in [-0.3, -0.25) is 0 Å². The van der Waals surface area contributed by atoms with Crippen molar-refractivity contribution < 1.29 is 9.47 Å². The van der Waals surface area contributed by atoms with Crippen molar-refractivity contribution in [2.24, 2.45) is 0 Å². The van der Waals surface area contributed by atoms with Crippen LogP contribution in [-0.4, -0.2) is 13.2 Å². The predicted octanol–water partition coefficient (Wildman–Crippen LogP) is 6.27. The lowest BCUT2D eigenvalue weighted by Crippen LogP contribution is -2.40. The fourth-order valence-corrected chi connectivity index (χ4v) is 11.8. The van der Waals surface area contributed by atoms with Gasteiger partial charge in [-0.2, -0.15) is 0 Å². The summed E-state index contributed by atoms with van der Waals surface area (Å²) < 4.78 is 13.3. The van der Waals surface area contributed by atoms with Crippen LogP contribution in [0, 0.1) is 0 Å². The second-order valence-corrected chi connectivity index (χ2v) is 15.3. The second-order valence-electron chi connectivity index (χ2n) is 11.0. The van der Waals surface area contributed by atoms with E-state index in [4.69, 9.17) is 9.47 Å². The summed E-state index contributed by atoms with van der Waals surface area (Å²) in [5.74, 6) is 1.96. The normalized spacial score (nSPS) is 14.4. The van der Waals surface area contributed by atoms with Crippen molar-refractivity contribution in [2.45, 2.75) is 5.41 Å². The molecule has 0 radical (unpaired) electrons. The minimum Gasteiger partial charge on any atom is -0.492 e. The molecule has 0 amide bonds. The van der Waals surface area contributed by atoms with Crippen LogP contribution in [0.4, 0.5) is 0 Å². The molecule has 1 spiro atoms. The summed E-state index contributed by atoms with van der Waals surface area (Å²) in [6.07, 6.45) is 0. The zero-order valence-corrected chi connectivity index (χ0v) is 25.4. The third kappa shape index (κ3) is 4.49. The molecule has 8 rings (SSSR count). The number of rotatable bonds is 6. The molecule has 0 saturated heterocycles. The van der Waals surface area contributed by atoms with Gasteiger partial charge in [0.1, 0.15) is 24.7 Å². The quantitative estimate of drug-likeness (QED) is 0.212. The van der Waals surface area contributed by atoms with Crippen LogP contribution >= 0.6 is 15.8 Å². The first kappa shape index (κ1) is 26.4. The summed E-state index contributed by atoms with van der Waals surface area (Å²) >= 11 is 0. The number of hydrogen-bond acceptors (Lipinski definition) is 2. The highest BCUT2D eigenvalue weighted by Gasteiger charge is 2.52. The molecule has 0 bridgehead atoms. The van der Waals surface area contributed by atoms with Gasteiger partial charge in [0, 0.05) is 11.1 Å². The largest absolute Gasteiger partial charge is 0.492 e.